The van der Waals surface area contributed by atoms with Crippen LogP contribution in [0.2, 0.25) is 0 Å². The summed E-state index contributed by atoms with van der Waals surface area (Å²) in [6.45, 7) is 0.787. The Hall–Kier alpha value is -1.000. The van der Waals surface area contributed by atoms with Crippen LogP contribution in [0.4, 0.5) is 11.4 Å². The topological polar surface area (TPSA) is 38.0 Å². The minimum Gasteiger partial charge on any atom is -0.399 e. The van der Waals surface area contributed by atoms with Crippen molar-refractivity contribution in [1.29, 1.82) is 0 Å². The van der Waals surface area contributed by atoms with Crippen LogP contribution in [0.25, 0.3) is 0 Å². The lowest BCUT2D eigenvalue weighted by molar-refractivity contribution is 1.14. The number of nitrogens with one attached hydrogen (secondary N) is 1. The fourth-order valence-electron chi connectivity index (χ4n) is 1.47. The van der Waals surface area contributed by atoms with E-state index in [2.05, 4.69) is 49.3 Å². The molecule has 0 aromatic heterocycles. The van der Waals surface area contributed by atoms with Gasteiger partial charge in [0.25, 0.3) is 0 Å². The SMILES string of the molecule is Nc1ccc(NCc2ccc(Br)cc2)c(Br)c1. The van der Waals surface area contributed by atoms with Crippen LogP contribution in [0, 0.1) is 0 Å². The Morgan fingerprint density at radius 1 is 1.00 bits per heavy atom. The third-order valence-corrected chi connectivity index (χ3v) is 3.57. The summed E-state index contributed by atoms with van der Waals surface area (Å²) in [7, 11) is 0. The Morgan fingerprint density at radius 3 is 2.35 bits per heavy atom. The monoisotopic (exact) mass is 354 g/mol. The first-order chi connectivity index (χ1) is 8.15. The summed E-state index contributed by atoms with van der Waals surface area (Å²) in [5.74, 6) is 0. The van der Waals surface area contributed by atoms with Crippen LogP contribution in [0.15, 0.2) is 51.4 Å². The van der Waals surface area contributed by atoms with Gasteiger partial charge < -0.3 is 11.1 Å². The summed E-state index contributed by atoms with van der Waals surface area (Å²) in [6.07, 6.45) is 0. The highest BCUT2D eigenvalue weighted by Crippen LogP contribution is 2.25. The van der Waals surface area contributed by atoms with Crippen LogP contribution in [0.1, 0.15) is 5.56 Å². The maximum absolute atomic E-state index is 5.69. The van der Waals surface area contributed by atoms with Crippen molar-refractivity contribution in [1.82, 2.24) is 0 Å². The highest BCUT2D eigenvalue weighted by molar-refractivity contribution is 9.10. The van der Waals surface area contributed by atoms with E-state index in [1.807, 2.05) is 30.3 Å². The molecular weight excluding hydrogens is 344 g/mol. The molecule has 88 valence electrons. The number of rotatable bonds is 3. The smallest absolute Gasteiger partial charge is 0.0488 e. The van der Waals surface area contributed by atoms with E-state index in [9.17, 15) is 0 Å². The molecule has 0 aliphatic carbocycles. The van der Waals surface area contributed by atoms with E-state index >= 15 is 0 Å². The molecule has 3 N–H and O–H groups in total. The first-order valence-electron chi connectivity index (χ1n) is 5.18. The number of anilines is 2. The maximum atomic E-state index is 5.69. The number of halogens is 2. The fourth-order valence-corrected chi connectivity index (χ4v) is 2.28. The number of nitrogens with two attached hydrogens (primary N) is 1. The van der Waals surface area contributed by atoms with Crippen molar-refractivity contribution in [3.8, 4) is 0 Å². The molecule has 2 rings (SSSR count). The Kier molecular flexibility index (Phi) is 4.07. The summed E-state index contributed by atoms with van der Waals surface area (Å²) in [5.41, 5.74) is 8.72. The van der Waals surface area contributed by atoms with E-state index in [0.717, 1.165) is 26.9 Å². The number of hydrogen-bond donors (Lipinski definition) is 2. The number of benzene rings is 2. The second kappa shape index (κ2) is 5.56. The molecule has 2 aromatic rings. The first-order valence-corrected chi connectivity index (χ1v) is 6.77. The first kappa shape index (κ1) is 12.5. The molecule has 2 aromatic carbocycles. The van der Waals surface area contributed by atoms with Crippen LogP contribution < -0.4 is 11.1 Å². The molecule has 0 unspecified atom stereocenters. The van der Waals surface area contributed by atoms with Crippen molar-refractivity contribution < 1.29 is 0 Å². The van der Waals surface area contributed by atoms with Crippen molar-refractivity contribution >= 4 is 43.2 Å². The lowest BCUT2D eigenvalue weighted by atomic mass is 10.2. The van der Waals surface area contributed by atoms with Crippen LogP contribution in [-0.4, -0.2) is 0 Å². The maximum Gasteiger partial charge on any atom is 0.0488 e. The largest absolute Gasteiger partial charge is 0.399 e. The van der Waals surface area contributed by atoms with Gasteiger partial charge in [-0.15, -0.1) is 0 Å². The highest BCUT2D eigenvalue weighted by atomic mass is 79.9. The van der Waals surface area contributed by atoms with Gasteiger partial charge in [0, 0.05) is 26.9 Å². The van der Waals surface area contributed by atoms with E-state index in [1.165, 1.54) is 5.56 Å². The molecule has 2 nitrogen and oxygen atoms in total. The molecule has 0 aliphatic heterocycles. The lowest BCUT2D eigenvalue weighted by Crippen LogP contribution is -2.00. The Bertz CT molecular complexity index is 509. The van der Waals surface area contributed by atoms with Gasteiger partial charge in [-0.2, -0.15) is 0 Å². The second-order valence-electron chi connectivity index (χ2n) is 3.72. The zero-order valence-electron chi connectivity index (χ0n) is 9.08. The van der Waals surface area contributed by atoms with Gasteiger partial charge in [-0.3, -0.25) is 0 Å². The Labute approximate surface area is 117 Å². The second-order valence-corrected chi connectivity index (χ2v) is 5.49. The summed E-state index contributed by atoms with van der Waals surface area (Å²) < 4.78 is 2.07. The molecular formula is C13H12Br2N2. The quantitative estimate of drug-likeness (QED) is 0.800. The van der Waals surface area contributed by atoms with Crippen molar-refractivity contribution in [2.24, 2.45) is 0 Å². The standard InChI is InChI=1S/C13H12Br2N2/c14-10-3-1-9(2-4-10)8-17-13-6-5-11(16)7-12(13)15/h1-7,17H,8,16H2. The van der Waals surface area contributed by atoms with Gasteiger partial charge >= 0.3 is 0 Å². The fraction of sp³-hybridized carbons (Fsp3) is 0.0769. The molecule has 0 bridgehead atoms. The third kappa shape index (κ3) is 3.48. The molecule has 0 atom stereocenters. The number of nitrogen functional groups attached to an aromatic ring is 1. The summed E-state index contributed by atoms with van der Waals surface area (Å²) >= 11 is 6.90. The van der Waals surface area contributed by atoms with Gasteiger partial charge in [-0.25, -0.2) is 0 Å². The molecule has 4 heteroatoms. The molecule has 0 amide bonds. The Balaban J connectivity index is 2.04. The summed E-state index contributed by atoms with van der Waals surface area (Å²) in [6, 6.07) is 14.0. The van der Waals surface area contributed by atoms with Gasteiger partial charge in [-0.05, 0) is 51.8 Å². The van der Waals surface area contributed by atoms with Crippen molar-refractivity contribution in [3.63, 3.8) is 0 Å². The molecule has 0 saturated carbocycles. The van der Waals surface area contributed by atoms with Gasteiger partial charge in [0.1, 0.15) is 0 Å². The van der Waals surface area contributed by atoms with Crippen LogP contribution in [0.5, 0.6) is 0 Å². The molecule has 0 radical (unpaired) electrons. The molecule has 0 spiro atoms. The minimum absolute atomic E-state index is 0.756. The zero-order chi connectivity index (χ0) is 12.3. The minimum atomic E-state index is 0.756. The summed E-state index contributed by atoms with van der Waals surface area (Å²) in [4.78, 5) is 0. The van der Waals surface area contributed by atoms with E-state index in [-0.39, 0.29) is 0 Å². The van der Waals surface area contributed by atoms with Gasteiger partial charge in [-0.1, -0.05) is 28.1 Å². The van der Waals surface area contributed by atoms with E-state index in [4.69, 9.17) is 5.73 Å². The lowest BCUT2D eigenvalue weighted by Gasteiger charge is -2.09. The summed E-state index contributed by atoms with van der Waals surface area (Å²) in [5, 5.41) is 3.36. The number of hydrogen-bond acceptors (Lipinski definition) is 2. The molecule has 0 aliphatic rings. The molecule has 0 fully saturated rings. The van der Waals surface area contributed by atoms with E-state index in [1.54, 1.807) is 0 Å². The molecule has 0 heterocycles. The molecule has 17 heavy (non-hydrogen) atoms. The highest BCUT2D eigenvalue weighted by Gasteiger charge is 2.00. The Morgan fingerprint density at radius 2 is 1.71 bits per heavy atom. The average Bonchev–Trinajstić information content (AvgIpc) is 2.30. The van der Waals surface area contributed by atoms with Crippen molar-refractivity contribution in [2.45, 2.75) is 6.54 Å². The van der Waals surface area contributed by atoms with Crippen LogP contribution in [-0.2, 0) is 6.54 Å². The zero-order valence-corrected chi connectivity index (χ0v) is 12.3. The average molecular weight is 356 g/mol. The van der Waals surface area contributed by atoms with E-state index < -0.39 is 0 Å². The van der Waals surface area contributed by atoms with Crippen LogP contribution in [0.3, 0.4) is 0 Å². The van der Waals surface area contributed by atoms with Gasteiger partial charge in [0.15, 0.2) is 0 Å². The molecule has 0 saturated heterocycles. The van der Waals surface area contributed by atoms with Crippen molar-refractivity contribution in [3.05, 3.63) is 57.0 Å². The van der Waals surface area contributed by atoms with Gasteiger partial charge in [0.05, 0.1) is 0 Å². The predicted molar refractivity (Wildman–Crippen MR) is 80.0 cm³/mol. The van der Waals surface area contributed by atoms with Crippen LogP contribution >= 0.6 is 31.9 Å². The third-order valence-electron chi connectivity index (χ3n) is 2.39. The predicted octanol–water partition coefficient (Wildman–Crippen LogP) is 4.41. The van der Waals surface area contributed by atoms with Gasteiger partial charge in [0.2, 0.25) is 0 Å². The van der Waals surface area contributed by atoms with E-state index in [0.29, 0.717) is 0 Å². The van der Waals surface area contributed by atoms with Crippen molar-refractivity contribution in [2.75, 3.05) is 11.1 Å². The normalized spacial score (nSPS) is 10.2.